The van der Waals surface area contributed by atoms with E-state index in [0.29, 0.717) is 39.4 Å². The Morgan fingerprint density at radius 3 is 2.43 bits per heavy atom. The second kappa shape index (κ2) is 8.08. The summed E-state index contributed by atoms with van der Waals surface area (Å²) in [5.74, 6) is -0.204. The topological polar surface area (TPSA) is 96.9 Å². The van der Waals surface area contributed by atoms with Crippen LogP contribution in [0.5, 0.6) is 0 Å². The average molecular weight is 397 g/mol. The first kappa shape index (κ1) is 19.2. The van der Waals surface area contributed by atoms with Gasteiger partial charge in [-0.05, 0) is 42.8 Å². The zero-order valence-electron chi connectivity index (χ0n) is 16.5. The molecule has 3 aromatic heterocycles. The molecule has 0 atom stereocenters. The van der Waals surface area contributed by atoms with Crippen LogP contribution in [0.25, 0.3) is 22.3 Å². The van der Waals surface area contributed by atoms with Crippen LogP contribution in [0, 0.1) is 6.92 Å². The third kappa shape index (κ3) is 3.86. The Balaban J connectivity index is 1.90. The summed E-state index contributed by atoms with van der Waals surface area (Å²) < 4.78 is 0. The van der Waals surface area contributed by atoms with Gasteiger partial charge in [-0.25, -0.2) is 4.98 Å². The first-order chi connectivity index (χ1) is 14.5. The van der Waals surface area contributed by atoms with Crippen LogP contribution >= 0.6 is 0 Å². The SMILES string of the molecule is CC(=O)Nc1ccnc2c(NC(=O)c3ccccc3)nc(-c3ncccc3C)cc12. The van der Waals surface area contributed by atoms with Gasteiger partial charge in [0, 0.05) is 30.3 Å². The van der Waals surface area contributed by atoms with Crippen LogP contribution in [0.2, 0.25) is 0 Å². The number of rotatable bonds is 4. The van der Waals surface area contributed by atoms with Crippen LogP contribution in [0.15, 0.2) is 67.0 Å². The lowest BCUT2D eigenvalue weighted by Crippen LogP contribution is -2.14. The fraction of sp³-hybridized carbons (Fsp3) is 0.0870. The van der Waals surface area contributed by atoms with Crippen LogP contribution in [-0.4, -0.2) is 26.8 Å². The summed E-state index contributed by atoms with van der Waals surface area (Å²) in [6.07, 6.45) is 3.26. The van der Waals surface area contributed by atoms with Crippen molar-refractivity contribution < 1.29 is 9.59 Å². The maximum atomic E-state index is 12.8. The van der Waals surface area contributed by atoms with E-state index in [2.05, 4.69) is 25.6 Å². The summed E-state index contributed by atoms with van der Waals surface area (Å²) in [5, 5.41) is 6.33. The number of benzene rings is 1. The lowest BCUT2D eigenvalue weighted by atomic mass is 10.1. The van der Waals surface area contributed by atoms with Crippen molar-refractivity contribution in [3.8, 4) is 11.4 Å². The fourth-order valence-corrected chi connectivity index (χ4v) is 3.18. The van der Waals surface area contributed by atoms with Gasteiger partial charge < -0.3 is 10.6 Å². The standard InChI is InChI=1S/C23H19N5O2/c1-14-7-6-11-24-20(14)19-13-17-18(26-15(2)29)10-12-25-21(17)22(27-19)28-23(30)16-8-4-3-5-9-16/h3-13H,1-2H3,(H,25,26,29)(H,27,28,30). The number of nitrogens with zero attached hydrogens (tertiary/aromatic N) is 3. The zero-order chi connectivity index (χ0) is 21.1. The van der Waals surface area contributed by atoms with Crippen molar-refractivity contribution in [2.45, 2.75) is 13.8 Å². The van der Waals surface area contributed by atoms with E-state index in [9.17, 15) is 9.59 Å². The van der Waals surface area contributed by atoms with Gasteiger partial charge in [-0.2, -0.15) is 0 Å². The van der Waals surface area contributed by atoms with E-state index in [1.165, 1.54) is 6.92 Å². The van der Waals surface area contributed by atoms with Crippen LogP contribution in [0.3, 0.4) is 0 Å². The Labute approximate surface area is 173 Å². The van der Waals surface area contributed by atoms with Gasteiger partial charge in [0.25, 0.3) is 5.91 Å². The Hall–Kier alpha value is -4.13. The molecular formula is C23H19N5O2. The van der Waals surface area contributed by atoms with E-state index < -0.39 is 0 Å². The maximum Gasteiger partial charge on any atom is 0.256 e. The second-order valence-electron chi connectivity index (χ2n) is 6.78. The Morgan fingerprint density at radius 1 is 0.900 bits per heavy atom. The second-order valence-corrected chi connectivity index (χ2v) is 6.78. The molecule has 0 unspecified atom stereocenters. The summed E-state index contributed by atoms with van der Waals surface area (Å²) in [6.45, 7) is 3.38. The van der Waals surface area contributed by atoms with E-state index in [0.717, 1.165) is 5.56 Å². The summed E-state index contributed by atoms with van der Waals surface area (Å²) >= 11 is 0. The molecule has 30 heavy (non-hydrogen) atoms. The number of anilines is 2. The van der Waals surface area contributed by atoms with Crippen molar-refractivity contribution >= 4 is 34.2 Å². The van der Waals surface area contributed by atoms with E-state index >= 15 is 0 Å². The van der Waals surface area contributed by atoms with Crippen LogP contribution in [-0.2, 0) is 4.79 Å². The van der Waals surface area contributed by atoms with Gasteiger partial charge in [0.1, 0.15) is 5.52 Å². The number of aryl methyl sites for hydroxylation is 1. The highest BCUT2D eigenvalue weighted by Gasteiger charge is 2.16. The highest BCUT2D eigenvalue weighted by atomic mass is 16.2. The number of pyridine rings is 3. The van der Waals surface area contributed by atoms with Gasteiger partial charge in [-0.1, -0.05) is 24.3 Å². The van der Waals surface area contributed by atoms with Gasteiger partial charge in [-0.15, -0.1) is 0 Å². The molecule has 0 aliphatic carbocycles. The molecule has 0 fully saturated rings. The van der Waals surface area contributed by atoms with Crippen LogP contribution < -0.4 is 10.6 Å². The van der Waals surface area contributed by atoms with E-state index in [1.807, 2.05) is 31.2 Å². The predicted molar refractivity (Wildman–Crippen MR) is 116 cm³/mol. The van der Waals surface area contributed by atoms with Gasteiger partial charge in [0.05, 0.1) is 17.1 Å². The molecule has 7 heteroatoms. The normalized spacial score (nSPS) is 10.6. The molecule has 148 valence electrons. The number of hydrogen-bond acceptors (Lipinski definition) is 5. The summed E-state index contributed by atoms with van der Waals surface area (Å²) in [5.41, 5.74) is 3.76. The molecule has 2 amide bonds. The lowest BCUT2D eigenvalue weighted by molar-refractivity contribution is -0.114. The molecule has 0 spiro atoms. The molecule has 4 rings (SSSR count). The molecule has 0 saturated heterocycles. The molecule has 3 heterocycles. The molecule has 0 radical (unpaired) electrons. The van der Waals surface area contributed by atoms with Crippen molar-refractivity contribution in [3.63, 3.8) is 0 Å². The minimum atomic E-state index is -0.300. The molecule has 2 N–H and O–H groups in total. The number of carbonyl (C=O) groups is 2. The Bertz CT molecular complexity index is 1260. The molecule has 0 saturated carbocycles. The Morgan fingerprint density at radius 2 is 1.70 bits per heavy atom. The fourth-order valence-electron chi connectivity index (χ4n) is 3.18. The monoisotopic (exact) mass is 397 g/mol. The third-order valence-corrected chi connectivity index (χ3v) is 4.56. The predicted octanol–water partition coefficient (Wildman–Crippen LogP) is 4.21. The summed E-state index contributed by atoms with van der Waals surface area (Å²) in [4.78, 5) is 37.9. The minimum absolute atomic E-state index is 0.204. The van der Waals surface area contributed by atoms with E-state index in [4.69, 9.17) is 0 Å². The average Bonchev–Trinajstić information content (AvgIpc) is 2.74. The quantitative estimate of drug-likeness (QED) is 0.538. The highest BCUT2D eigenvalue weighted by molar-refractivity contribution is 6.10. The molecule has 1 aromatic carbocycles. The molecule has 7 nitrogen and oxygen atoms in total. The lowest BCUT2D eigenvalue weighted by Gasteiger charge is -2.13. The van der Waals surface area contributed by atoms with Crippen molar-refractivity contribution in [1.29, 1.82) is 0 Å². The maximum absolute atomic E-state index is 12.8. The van der Waals surface area contributed by atoms with Crippen molar-refractivity contribution in [2.75, 3.05) is 10.6 Å². The van der Waals surface area contributed by atoms with Crippen molar-refractivity contribution in [3.05, 3.63) is 78.1 Å². The number of nitrogens with one attached hydrogen (secondary N) is 2. The first-order valence-corrected chi connectivity index (χ1v) is 9.38. The zero-order valence-corrected chi connectivity index (χ0v) is 16.5. The number of aromatic nitrogens is 3. The number of hydrogen-bond donors (Lipinski definition) is 2. The molecule has 0 aliphatic rings. The van der Waals surface area contributed by atoms with E-state index in [-0.39, 0.29) is 11.8 Å². The summed E-state index contributed by atoms with van der Waals surface area (Å²) in [7, 11) is 0. The van der Waals surface area contributed by atoms with Gasteiger partial charge in [-0.3, -0.25) is 19.6 Å². The van der Waals surface area contributed by atoms with Gasteiger partial charge in [0.2, 0.25) is 5.91 Å². The minimum Gasteiger partial charge on any atom is -0.326 e. The molecule has 0 aliphatic heterocycles. The highest BCUT2D eigenvalue weighted by Crippen LogP contribution is 2.31. The van der Waals surface area contributed by atoms with Crippen LogP contribution in [0.4, 0.5) is 11.5 Å². The number of fused-ring (bicyclic) bond motifs is 1. The number of carbonyl (C=O) groups excluding carboxylic acids is 2. The smallest absolute Gasteiger partial charge is 0.256 e. The summed E-state index contributed by atoms with van der Waals surface area (Å²) in [6, 6.07) is 16.2. The van der Waals surface area contributed by atoms with Gasteiger partial charge in [0.15, 0.2) is 5.82 Å². The molecular weight excluding hydrogens is 378 g/mol. The van der Waals surface area contributed by atoms with Crippen molar-refractivity contribution in [1.82, 2.24) is 15.0 Å². The number of amides is 2. The third-order valence-electron chi connectivity index (χ3n) is 4.56. The molecule has 4 aromatic rings. The molecule has 0 bridgehead atoms. The van der Waals surface area contributed by atoms with Crippen LogP contribution in [0.1, 0.15) is 22.8 Å². The van der Waals surface area contributed by atoms with E-state index in [1.54, 1.807) is 42.7 Å². The first-order valence-electron chi connectivity index (χ1n) is 9.38. The van der Waals surface area contributed by atoms with Gasteiger partial charge >= 0.3 is 0 Å². The largest absolute Gasteiger partial charge is 0.326 e. The Kier molecular flexibility index (Phi) is 5.17. The van der Waals surface area contributed by atoms with Crippen molar-refractivity contribution in [2.24, 2.45) is 0 Å².